The maximum atomic E-state index is 12.1. The molecule has 0 bridgehead atoms. The molecule has 1 aromatic heterocycles. The zero-order chi connectivity index (χ0) is 14.8. The Morgan fingerprint density at radius 3 is 2.95 bits per heavy atom. The lowest BCUT2D eigenvalue weighted by Gasteiger charge is -2.18. The predicted octanol–water partition coefficient (Wildman–Crippen LogP) is 2.09. The number of rotatable bonds is 4. The van der Waals surface area contributed by atoms with Crippen LogP contribution in [0, 0.1) is 13.8 Å². The van der Waals surface area contributed by atoms with Crippen molar-refractivity contribution in [1.29, 1.82) is 0 Å². The summed E-state index contributed by atoms with van der Waals surface area (Å²) >= 11 is 0. The standard InChI is InChI=1S/C16H18N4O/c1-11-10-18-12(2)16(19-11)17-7-8-20-14-6-4-3-5-13(14)9-15(20)21/h3-6,10H,7-9H2,1-2H3,(H,17,19). The highest BCUT2D eigenvalue weighted by molar-refractivity contribution is 6.01. The van der Waals surface area contributed by atoms with Gasteiger partial charge in [-0.3, -0.25) is 9.78 Å². The van der Waals surface area contributed by atoms with Crippen molar-refractivity contribution in [3.8, 4) is 0 Å². The van der Waals surface area contributed by atoms with Gasteiger partial charge in [0.1, 0.15) is 5.82 Å². The number of aromatic nitrogens is 2. The molecule has 0 atom stereocenters. The molecule has 0 aliphatic carbocycles. The van der Waals surface area contributed by atoms with Gasteiger partial charge in [-0.1, -0.05) is 18.2 Å². The van der Waals surface area contributed by atoms with Crippen LogP contribution in [0.4, 0.5) is 11.5 Å². The fourth-order valence-electron chi connectivity index (χ4n) is 2.55. The molecule has 5 nitrogen and oxygen atoms in total. The monoisotopic (exact) mass is 282 g/mol. The van der Waals surface area contributed by atoms with Crippen LogP contribution in [0.1, 0.15) is 17.0 Å². The van der Waals surface area contributed by atoms with Gasteiger partial charge in [0, 0.05) is 25.0 Å². The van der Waals surface area contributed by atoms with Crippen molar-refractivity contribution in [3.05, 3.63) is 47.4 Å². The first-order valence-electron chi connectivity index (χ1n) is 7.07. The molecule has 3 rings (SSSR count). The van der Waals surface area contributed by atoms with Crippen LogP contribution < -0.4 is 10.2 Å². The van der Waals surface area contributed by atoms with E-state index in [1.807, 2.05) is 43.0 Å². The molecule has 108 valence electrons. The lowest BCUT2D eigenvalue weighted by molar-refractivity contribution is -0.117. The third kappa shape index (κ3) is 2.72. The summed E-state index contributed by atoms with van der Waals surface area (Å²) in [4.78, 5) is 22.6. The lowest BCUT2D eigenvalue weighted by Crippen LogP contribution is -2.32. The number of aryl methyl sites for hydroxylation is 2. The van der Waals surface area contributed by atoms with Gasteiger partial charge in [-0.25, -0.2) is 4.98 Å². The first-order chi connectivity index (χ1) is 10.1. The Kier molecular flexibility index (Phi) is 3.56. The Morgan fingerprint density at radius 1 is 1.29 bits per heavy atom. The molecule has 1 aliphatic heterocycles. The summed E-state index contributed by atoms with van der Waals surface area (Å²) in [6, 6.07) is 7.95. The van der Waals surface area contributed by atoms with E-state index in [1.165, 1.54) is 0 Å². The largest absolute Gasteiger partial charge is 0.367 e. The molecule has 2 aromatic rings. The molecule has 0 unspecified atom stereocenters. The topological polar surface area (TPSA) is 58.1 Å². The van der Waals surface area contributed by atoms with Crippen molar-refractivity contribution in [3.63, 3.8) is 0 Å². The number of fused-ring (bicyclic) bond motifs is 1. The first-order valence-corrected chi connectivity index (χ1v) is 7.07. The van der Waals surface area contributed by atoms with Gasteiger partial charge >= 0.3 is 0 Å². The predicted molar refractivity (Wildman–Crippen MR) is 82.5 cm³/mol. The number of carbonyl (C=O) groups excluding carboxylic acids is 1. The second-order valence-corrected chi connectivity index (χ2v) is 5.22. The Labute approximate surface area is 124 Å². The van der Waals surface area contributed by atoms with Crippen LogP contribution in [-0.2, 0) is 11.2 Å². The maximum Gasteiger partial charge on any atom is 0.231 e. The minimum Gasteiger partial charge on any atom is -0.367 e. The SMILES string of the molecule is Cc1cnc(C)c(NCCN2C(=O)Cc3ccccc32)n1. The molecule has 5 heteroatoms. The van der Waals surface area contributed by atoms with Gasteiger partial charge in [0.05, 0.1) is 17.8 Å². The summed E-state index contributed by atoms with van der Waals surface area (Å²) in [6.45, 7) is 5.12. The van der Waals surface area contributed by atoms with Gasteiger partial charge in [0.25, 0.3) is 0 Å². The number of amides is 1. The maximum absolute atomic E-state index is 12.1. The van der Waals surface area contributed by atoms with E-state index in [0.29, 0.717) is 19.5 Å². The van der Waals surface area contributed by atoms with Crippen molar-refractivity contribution in [2.24, 2.45) is 0 Å². The molecule has 1 N–H and O–H groups in total. The van der Waals surface area contributed by atoms with Gasteiger partial charge in [0.15, 0.2) is 0 Å². The van der Waals surface area contributed by atoms with E-state index in [9.17, 15) is 4.79 Å². The van der Waals surface area contributed by atoms with Crippen molar-refractivity contribution >= 4 is 17.4 Å². The quantitative estimate of drug-likeness (QED) is 0.933. The highest BCUT2D eigenvalue weighted by atomic mass is 16.2. The molecule has 21 heavy (non-hydrogen) atoms. The molecule has 1 amide bonds. The Morgan fingerprint density at radius 2 is 2.10 bits per heavy atom. The van der Waals surface area contributed by atoms with Gasteiger partial charge < -0.3 is 10.2 Å². The van der Waals surface area contributed by atoms with Crippen molar-refractivity contribution in [2.45, 2.75) is 20.3 Å². The summed E-state index contributed by atoms with van der Waals surface area (Å²) in [5.41, 5.74) is 3.88. The van der Waals surface area contributed by atoms with Crippen molar-refractivity contribution in [1.82, 2.24) is 9.97 Å². The van der Waals surface area contributed by atoms with Gasteiger partial charge in [-0.2, -0.15) is 0 Å². The van der Waals surface area contributed by atoms with Crippen molar-refractivity contribution < 1.29 is 4.79 Å². The third-order valence-electron chi connectivity index (χ3n) is 3.63. The minimum absolute atomic E-state index is 0.157. The molecular formula is C16H18N4O. The minimum atomic E-state index is 0.157. The van der Waals surface area contributed by atoms with E-state index in [1.54, 1.807) is 6.20 Å². The van der Waals surface area contributed by atoms with E-state index in [2.05, 4.69) is 15.3 Å². The number of carbonyl (C=O) groups is 1. The number of nitrogens with one attached hydrogen (secondary N) is 1. The number of benzene rings is 1. The molecule has 1 aromatic carbocycles. The van der Waals surface area contributed by atoms with Crippen LogP contribution in [0.3, 0.4) is 0 Å². The van der Waals surface area contributed by atoms with Crippen LogP contribution in [0.25, 0.3) is 0 Å². The summed E-state index contributed by atoms with van der Waals surface area (Å²) < 4.78 is 0. The number of para-hydroxylation sites is 1. The zero-order valence-electron chi connectivity index (χ0n) is 12.3. The second kappa shape index (κ2) is 5.52. The van der Waals surface area contributed by atoms with E-state index in [4.69, 9.17) is 0 Å². The summed E-state index contributed by atoms with van der Waals surface area (Å²) in [7, 11) is 0. The first kappa shape index (κ1) is 13.5. The number of anilines is 2. The number of hydrogen-bond donors (Lipinski definition) is 1. The van der Waals surface area contributed by atoms with Crippen LogP contribution in [-0.4, -0.2) is 29.0 Å². The van der Waals surface area contributed by atoms with E-state index in [0.717, 1.165) is 28.5 Å². The van der Waals surface area contributed by atoms with E-state index in [-0.39, 0.29) is 5.91 Å². The average molecular weight is 282 g/mol. The van der Waals surface area contributed by atoms with E-state index >= 15 is 0 Å². The lowest BCUT2D eigenvalue weighted by atomic mass is 10.2. The number of hydrogen-bond acceptors (Lipinski definition) is 4. The van der Waals surface area contributed by atoms with E-state index < -0.39 is 0 Å². The Bertz CT molecular complexity index is 684. The molecule has 0 saturated heterocycles. The summed E-state index contributed by atoms with van der Waals surface area (Å²) in [6.07, 6.45) is 2.25. The Hall–Kier alpha value is -2.43. The van der Waals surface area contributed by atoms with Gasteiger partial charge in [-0.05, 0) is 25.5 Å². The fourth-order valence-corrected chi connectivity index (χ4v) is 2.55. The van der Waals surface area contributed by atoms with Crippen LogP contribution in [0.15, 0.2) is 30.5 Å². The van der Waals surface area contributed by atoms with Crippen molar-refractivity contribution in [2.75, 3.05) is 23.3 Å². The molecule has 0 fully saturated rings. The normalized spacial score (nSPS) is 13.4. The summed E-state index contributed by atoms with van der Waals surface area (Å²) in [5, 5.41) is 3.26. The third-order valence-corrected chi connectivity index (χ3v) is 3.63. The molecule has 0 radical (unpaired) electrons. The second-order valence-electron chi connectivity index (χ2n) is 5.22. The molecule has 2 heterocycles. The van der Waals surface area contributed by atoms with Crippen LogP contribution in [0.2, 0.25) is 0 Å². The molecular weight excluding hydrogens is 264 g/mol. The summed E-state index contributed by atoms with van der Waals surface area (Å²) in [5.74, 6) is 0.944. The Balaban J connectivity index is 1.66. The van der Waals surface area contributed by atoms with Crippen LogP contribution in [0.5, 0.6) is 0 Å². The number of nitrogens with zero attached hydrogens (tertiary/aromatic N) is 3. The molecule has 1 aliphatic rings. The zero-order valence-corrected chi connectivity index (χ0v) is 12.3. The molecule has 0 saturated carbocycles. The molecule has 0 spiro atoms. The van der Waals surface area contributed by atoms with Gasteiger partial charge in [-0.15, -0.1) is 0 Å². The average Bonchev–Trinajstić information content (AvgIpc) is 2.79. The smallest absolute Gasteiger partial charge is 0.231 e. The fraction of sp³-hybridized carbons (Fsp3) is 0.312. The highest BCUT2D eigenvalue weighted by Crippen LogP contribution is 2.27. The highest BCUT2D eigenvalue weighted by Gasteiger charge is 2.25. The van der Waals surface area contributed by atoms with Gasteiger partial charge in [0.2, 0.25) is 5.91 Å². The van der Waals surface area contributed by atoms with Crippen LogP contribution >= 0.6 is 0 Å².